The highest BCUT2D eigenvalue weighted by atomic mass is 14.7. The zero-order valence-corrected chi connectivity index (χ0v) is 15.3. The second kappa shape index (κ2) is 5.90. The van der Waals surface area contributed by atoms with E-state index in [2.05, 4.69) is 103 Å². The fraction of sp³-hybridized carbons (Fsp3) is 0. The summed E-state index contributed by atoms with van der Waals surface area (Å²) in [5.74, 6) is 0. The maximum Gasteiger partial charge on any atom is 0.0794 e. The molecule has 0 N–H and O–H groups in total. The van der Waals surface area contributed by atoms with Crippen LogP contribution in [-0.2, 0) is 0 Å². The SMILES string of the molecule is c1ccc(-c2nc(-c3ccccc3)c3cccc4c3c2-c2ccccc2-4)cc1. The average molecular weight is 355 g/mol. The van der Waals surface area contributed by atoms with Crippen molar-refractivity contribution in [1.29, 1.82) is 0 Å². The van der Waals surface area contributed by atoms with Gasteiger partial charge in [-0.2, -0.15) is 0 Å². The van der Waals surface area contributed by atoms with Crippen LogP contribution >= 0.6 is 0 Å². The molecule has 0 radical (unpaired) electrons. The molecule has 1 heterocycles. The zero-order chi connectivity index (χ0) is 18.5. The topological polar surface area (TPSA) is 12.9 Å². The van der Waals surface area contributed by atoms with E-state index in [1.807, 2.05) is 0 Å². The van der Waals surface area contributed by atoms with Crippen LogP contribution in [0.25, 0.3) is 55.5 Å². The number of hydrogen-bond acceptors (Lipinski definition) is 1. The Bertz CT molecular complexity index is 1340. The highest BCUT2D eigenvalue weighted by molar-refractivity contribution is 6.21. The van der Waals surface area contributed by atoms with Crippen molar-refractivity contribution >= 4 is 10.8 Å². The van der Waals surface area contributed by atoms with Crippen LogP contribution < -0.4 is 0 Å². The Morgan fingerprint density at radius 3 is 1.71 bits per heavy atom. The van der Waals surface area contributed by atoms with E-state index in [-0.39, 0.29) is 0 Å². The van der Waals surface area contributed by atoms with Crippen molar-refractivity contribution in [2.75, 3.05) is 0 Å². The third-order valence-electron chi connectivity index (χ3n) is 5.61. The van der Waals surface area contributed by atoms with Gasteiger partial charge < -0.3 is 0 Å². The summed E-state index contributed by atoms with van der Waals surface area (Å²) in [5.41, 5.74) is 9.55. The normalized spacial score (nSPS) is 11.6. The largest absolute Gasteiger partial charge is 0.246 e. The first-order valence-corrected chi connectivity index (χ1v) is 9.59. The molecule has 1 aliphatic rings. The van der Waals surface area contributed by atoms with Crippen LogP contribution in [0.5, 0.6) is 0 Å². The van der Waals surface area contributed by atoms with Crippen molar-refractivity contribution < 1.29 is 0 Å². The second-order valence-electron chi connectivity index (χ2n) is 7.19. The van der Waals surface area contributed by atoms with Gasteiger partial charge in [0.2, 0.25) is 0 Å². The molecule has 0 saturated heterocycles. The van der Waals surface area contributed by atoms with Gasteiger partial charge in [-0.25, -0.2) is 4.98 Å². The van der Waals surface area contributed by atoms with Crippen LogP contribution in [0, 0.1) is 0 Å². The van der Waals surface area contributed by atoms with Gasteiger partial charge in [0, 0.05) is 27.5 Å². The molecule has 1 nitrogen and oxygen atoms in total. The van der Waals surface area contributed by atoms with E-state index in [0.717, 1.165) is 22.5 Å². The Balaban J connectivity index is 1.82. The first kappa shape index (κ1) is 15.4. The predicted octanol–water partition coefficient (Wildman–Crippen LogP) is 7.22. The first-order valence-electron chi connectivity index (χ1n) is 9.59. The van der Waals surface area contributed by atoms with Gasteiger partial charge >= 0.3 is 0 Å². The molecule has 4 aromatic carbocycles. The van der Waals surface area contributed by atoms with E-state index < -0.39 is 0 Å². The van der Waals surface area contributed by atoms with Gasteiger partial charge in [0.1, 0.15) is 0 Å². The van der Waals surface area contributed by atoms with Crippen LogP contribution in [0.3, 0.4) is 0 Å². The fourth-order valence-electron chi connectivity index (χ4n) is 4.41. The Morgan fingerprint density at radius 1 is 0.429 bits per heavy atom. The Labute approximate surface area is 163 Å². The molecule has 0 aliphatic heterocycles. The van der Waals surface area contributed by atoms with Crippen molar-refractivity contribution in [3.63, 3.8) is 0 Å². The van der Waals surface area contributed by atoms with Gasteiger partial charge in [-0.1, -0.05) is 103 Å². The lowest BCUT2D eigenvalue weighted by Crippen LogP contribution is -1.94. The molecule has 1 aliphatic carbocycles. The summed E-state index contributed by atoms with van der Waals surface area (Å²) < 4.78 is 0. The molecule has 130 valence electrons. The van der Waals surface area contributed by atoms with E-state index in [1.165, 1.54) is 33.0 Å². The molecule has 0 unspecified atom stereocenters. The molecule has 0 amide bonds. The summed E-state index contributed by atoms with van der Waals surface area (Å²) in [6.07, 6.45) is 0. The quantitative estimate of drug-likeness (QED) is 0.319. The minimum atomic E-state index is 1.05. The van der Waals surface area contributed by atoms with Gasteiger partial charge in [-0.3, -0.25) is 0 Å². The van der Waals surface area contributed by atoms with Gasteiger partial charge in [0.25, 0.3) is 0 Å². The van der Waals surface area contributed by atoms with Crippen molar-refractivity contribution in [3.05, 3.63) is 103 Å². The second-order valence-corrected chi connectivity index (χ2v) is 7.19. The van der Waals surface area contributed by atoms with Crippen LogP contribution in [0.4, 0.5) is 0 Å². The highest BCUT2D eigenvalue weighted by Gasteiger charge is 2.27. The summed E-state index contributed by atoms with van der Waals surface area (Å²) >= 11 is 0. The monoisotopic (exact) mass is 355 g/mol. The highest BCUT2D eigenvalue weighted by Crippen LogP contribution is 2.51. The molecule has 1 aromatic heterocycles. The van der Waals surface area contributed by atoms with Gasteiger partial charge in [-0.05, 0) is 16.7 Å². The molecular weight excluding hydrogens is 338 g/mol. The van der Waals surface area contributed by atoms with Crippen molar-refractivity contribution in [2.24, 2.45) is 0 Å². The smallest absolute Gasteiger partial charge is 0.0794 e. The lowest BCUT2D eigenvalue weighted by atomic mass is 9.95. The van der Waals surface area contributed by atoms with Crippen molar-refractivity contribution in [3.8, 4) is 44.8 Å². The number of benzene rings is 4. The summed E-state index contributed by atoms with van der Waals surface area (Å²) in [6, 6.07) is 36.3. The standard InChI is InChI=1S/C27H17N/c1-3-10-18(11-4-1)26-23-17-9-16-21-20-14-7-8-15-22(20)25(24(21)23)27(28-26)19-12-5-2-6-13-19/h1-17H. The number of fused-ring (bicyclic) bond motifs is 3. The Morgan fingerprint density at radius 2 is 1.00 bits per heavy atom. The number of rotatable bonds is 2. The maximum atomic E-state index is 5.24. The van der Waals surface area contributed by atoms with Gasteiger partial charge in [0.05, 0.1) is 11.4 Å². The molecule has 0 atom stereocenters. The van der Waals surface area contributed by atoms with Gasteiger partial charge in [0.15, 0.2) is 0 Å². The molecular formula is C27H17N. The molecule has 6 rings (SSSR count). The first-order chi connectivity index (χ1) is 13.9. The molecule has 5 aromatic rings. The summed E-state index contributed by atoms with van der Waals surface area (Å²) in [6.45, 7) is 0. The summed E-state index contributed by atoms with van der Waals surface area (Å²) in [4.78, 5) is 5.24. The minimum absolute atomic E-state index is 1.05. The lowest BCUT2D eigenvalue weighted by Gasteiger charge is -2.14. The van der Waals surface area contributed by atoms with Crippen molar-refractivity contribution in [1.82, 2.24) is 4.98 Å². The molecule has 0 bridgehead atoms. The minimum Gasteiger partial charge on any atom is -0.246 e. The van der Waals surface area contributed by atoms with E-state index in [1.54, 1.807) is 0 Å². The molecule has 28 heavy (non-hydrogen) atoms. The third-order valence-corrected chi connectivity index (χ3v) is 5.61. The summed E-state index contributed by atoms with van der Waals surface area (Å²) in [7, 11) is 0. The van der Waals surface area contributed by atoms with E-state index >= 15 is 0 Å². The van der Waals surface area contributed by atoms with Crippen LogP contribution in [-0.4, -0.2) is 4.98 Å². The van der Waals surface area contributed by atoms with E-state index in [4.69, 9.17) is 4.98 Å². The number of aromatic nitrogens is 1. The Hall–Kier alpha value is -3.71. The van der Waals surface area contributed by atoms with E-state index in [9.17, 15) is 0 Å². The van der Waals surface area contributed by atoms with Gasteiger partial charge in [-0.15, -0.1) is 0 Å². The molecule has 0 saturated carbocycles. The molecule has 0 spiro atoms. The number of pyridine rings is 1. The van der Waals surface area contributed by atoms with Crippen LogP contribution in [0.2, 0.25) is 0 Å². The number of hydrogen-bond donors (Lipinski definition) is 0. The Kier molecular flexibility index (Phi) is 3.24. The number of nitrogens with zero attached hydrogens (tertiary/aromatic N) is 1. The average Bonchev–Trinajstić information content (AvgIpc) is 3.12. The fourth-order valence-corrected chi connectivity index (χ4v) is 4.41. The van der Waals surface area contributed by atoms with Crippen molar-refractivity contribution in [2.45, 2.75) is 0 Å². The van der Waals surface area contributed by atoms with Crippen LogP contribution in [0.1, 0.15) is 0 Å². The maximum absolute atomic E-state index is 5.24. The van der Waals surface area contributed by atoms with E-state index in [0.29, 0.717) is 0 Å². The zero-order valence-electron chi connectivity index (χ0n) is 15.3. The lowest BCUT2D eigenvalue weighted by molar-refractivity contribution is 1.35. The summed E-state index contributed by atoms with van der Waals surface area (Å²) in [5, 5.41) is 2.53. The van der Waals surface area contributed by atoms with Crippen LogP contribution in [0.15, 0.2) is 103 Å². The predicted molar refractivity (Wildman–Crippen MR) is 117 cm³/mol. The molecule has 1 heteroatoms. The third kappa shape index (κ3) is 2.10. The molecule has 0 fully saturated rings.